The molecule has 0 amide bonds. The zero-order valence-corrected chi connectivity index (χ0v) is 17.3. The first-order chi connectivity index (χ1) is 15.7. The van der Waals surface area contributed by atoms with Crippen LogP contribution in [0.4, 0.5) is 0 Å². The lowest BCUT2D eigenvalue weighted by Gasteiger charge is -2.24. The summed E-state index contributed by atoms with van der Waals surface area (Å²) in [5.41, 5.74) is -0.326. The molecule has 6 N–H and O–H groups in total. The molecule has 0 bridgehead atoms. The molecule has 0 fully saturated rings. The van der Waals surface area contributed by atoms with E-state index in [1.54, 1.807) is 0 Å². The molecular formula is C22H22O11. The normalized spacial score (nSPS) is 14.9. The maximum atomic E-state index is 12.9. The predicted molar refractivity (Wildman–Crippen MR) is 113 cm³/mol. The predicted octanol–water partition coefficient (Wildman–Crippen LogP) is -0.0989. The van der Waals surface area contributed by atoms with E-state index in [9.17, 15) is 40.2 Å². The van der Waals surface area contributed by atoms with Crippen LogP contribution in [-0.2, 0) is 4.79 Å². The second kappa shape index (κ2) is 9.88. The van der Waals surface area contributed by atoms with Gasteiger partial charge < -0.3 is 49.3 Å². The quantitative estimate of drug-likeness (QED) is 0.233. The zero-order chi connectivity index (χ0) is 24.3. The lowest BCUT2D eigenvalue weighted by molar-refractivity contribution is -0.135. The molecule has 0 unspecified atom stereocenters. The van der Waals surface area contributed by atoms with Gasteiger partial charge in [-0.15, -0.1) is 0 Å². The van der Waals surface area contributed by atoms with E-state index in [2.05, 4.69) is 0 Å². The first kappa shape index (κ1) is 24.0. The van der Waals surface area contributed by atoms with Gasteiger partial charge in [-0.25, -0.2) is 0 Å². The third-order valence-electron chi connectivity index (χ3n) is 4.89. The van der Waals surface area contributed by atoms with Gasteiger partial charge in [-0.1, -0.05) is 0 Å². The summed E-state index contributed by atoms with van der Waals surface area (Å²) in [5.74, 6) is -0.688. The number of rotatable bonds is 9. The van der Waals surface area contributed by atoms with Crippen molar-refractivity contribution in [2.24, 2.45) is 0 Å². The van der Waals surface area contributed by atoms with Crippen LogP contribution in [0.25, 0.3) is 22.3 Å². The highest BCUT2D eigenvalue weighted by atomic mass is 16.5. The Kier molecular flexibility index (Phi) is 7.19. The highest BCUT2D eigenvalue weighted by molar-refractivity contribution is 5.88. The summed E-state index contributed by atoms with van der Waals surface area (Å²) < 4.78 is 16.3. The molecular weight excluding hydrogens is 440 g/mol. The molecule has 0 aliphatic heterocycles. The molecule has 176 valence electrons. The maximum Gasteiger partial charge on any atom is 0.239 e. The van der Waals surface area contributed by atoms with Gasteiger partial charge in [-0.3, -0.25) is 4.79 Å². The number of aldehydes is 1. The highest BCUT2D eigenvalue weighted by Crippen LogP contribution is 2.36. The number of ether oxygens (including phenoxy) is 2. The Balaban J connectivity index is 1.95. The second-order valence-electron chi connectivity index (χ2n) is 7.14. The number of carbonyl (C=O) groups is 1. The molecule has 0 spiro atoms. The minimum Gasteiger partial charge on any atom is -0.508 e. The Labute approximate surface area is 186 Å². The molecule has 33 heavy (non-hydrogen) atoms. The molecule has 0 aliphatic carbocycles. The van der Waals surface area contributed by atoms with Crippen molar-refractivity contribution in [2.75, 3.05) is 13.7 Å². The van der Waals surface area contributed by atoms with Gasteiger partial charge in [-0.2, -0.15) is 0 Å². The zero-order valence-electron chi connectivity index (χ0n) is 17.3. The van der Waals surface area contributed by atoms with Crippen molar-refractivity contribution in [3.05, 3.63) is 46.6 Å². The number of carbonyl (C=O) groups excluding carboxylic acids is 1. The lowest BCUT2D eigenvalue weighted by Crippen LogP contribution is -2.47. The second-order valence-corrected chi connectivity index (χ2v) is 7.14. The number of aliphatic hydroxyl groups excluding tert-OH is 4. The third-order valence-corrected chi connectivity index (χ3v) is 4.89. The van der Waals surface area contributed by atoms with Crippen molar-refractivity contribution in [3.63, 3.8) is 0 Å². The Bertz CT molecular complexity index is 1190. The maximum absolute atomic E-state index is 12.9. The molecule has 11 heteroatoms. The van der Waals surface area contributed by atoms with E-state index in [0.29, 0.717) is 5.56 Å². The Morgan fingerprint density at radius 1 is 1.03 bits per heavy atom. The first-order valence-corrected chi connectivity index (χ1v) is 9.65. The fourth-order valence-electron chi connectivity index (χ4n) is 3.12. The molecule has 1 heterocycles. The standard InChI is InChI=1S/C22H22O11/c1-31-22-20(30)17-13(25)6-12(32-9-15(27)19(29)18(28)14(26)8-23)7-16(17)33-21(22)10-2-4-11(24)5-3-10/h2-8,14-15,18-19,24-29H,9H2,1H3/t14-,15+,18+,19+/m0/s1. The van der Waals surface area contributed by atoms with Crippen LogP contribution in [0.1, 0.15) is 0 Å². The molecule has 2 aromatic carbocycles. The number of aromatic hydroxyl groups is 2. The molecule has 0 saturated carbocycles. The van der Waals surface area contributed by atoms with E-state index in [1.165, 1.54) is 37.4 Å². The number of aliphatic hydroxyl groups is 4. The Morgan fingerprint density at radius 2 is 1.70 bits per heavy atom. The van der Waals surface area contributed by atoms with E-state index in [0.717, 1.165) is 6.07 Å². The van der Waals surface area contributed by atoms with Crippen molar-refractivity contribution in [1.29, 1.82) is 0 Å². The number of methoxy groups -OCH3 is 1. The van der Waals surface area contributed by atoms with E-state index < -0.39 is 42.2 Å². The molecule has 11 nitrogen and oxygen atoms in total. The minimum atomic E-state index is -1.94. The smallest absolute Gasteiger partial charge is 0.239 e. The van der Waals surface area contributed by atoms with Crippen molar-refractivity contribution < 1.29 is 49.3 Å². The Hall–Kier alpha value is -3.64. The van der Waals surface area contributed by atoms with Gasteiger partial charge in [0.05, 0.1) is 7.11 Å². The number of phenolic OH excluding ortho intramolecular Hbond substituents is 2. The van der Waals surface area contributed by atoms with E-state index in [-0.39, 0.29) is 40.3 Å². The summed E-state index contributed by atoms with van der Waals surface area (Å²) in [5, 5.41) is 58.3. The van der Waals surface area contributed by atoms with Gasteiger partial charge in [0.1, 0.15) is 59.2 Å². The van der Waals surface area contributed by atoms with Crippen LogP contribution >= 0.6 is 0 Å². The third kappa shape index (κ3) is 4.91. The van der Waals surface area contributed by atoms with Gasteiger partial charge in [0.15, 0.2) is 12.0 Å². The summed E-state index contributed by atoms with van der Waals surface area (Å²) in [6.07, 6.45) is -7.44. The van der Waals surface area contributed by atoms with Gasteiger partial charge in [-0.05, 0) is 24.3 Å². The largest absolute Gasteiger partial charge is 0.508 e. The number of fused-ring (bicyclic) bond motifs is 1. The van der Waals surface area contributed by atoms with Gasteiger partial charge in [0.2, 0.25) is 11.2 Å². The summed E-state index contributed by atoms with van der Waals surface area (Å²) in [4.78, 5) is 23.4. The van der Waals surface area contributed by atoms with Crippen molar-refractivity contribution >= 4 is 17.3 Å². The first-order valence-electron chi connectivity index (χ1n) is 9.65. The van der Waals surface area contributed by atoms with Crippen LogP contribution < -0.4 is 14.9 Å². The van der Waals surface area contributed by atoms with Crippen LogP contribution in [0.15, 0.2) is 45.6 Å². The van der Waals surface area contributed by atoms with E-state index in [4.69, 9.17) is 13.9 Å². The number of hydrogen-bond donors (Lipinski definition) is 6. The summed E-state index contributed by atoms with van der Waals surface area (Å²) in [6, 6.07) is 8.11. The van der Waals surface area contributed by atoms with Crippen molar-refractivity contribution in [2.45, 2.75) is 24.4 Å². The summed E-state index contributed by atoms with van der Waals surface area (Å²) >= 11 is 0. The summed E-state index contributed by atoms with van der Waals surface area (Å²) in [6.45, 7) is -0.597. The van der Waals surface area contributed by atoms with Crippen LogP contribution in [0, 0.1) is 0 Å². The van der Waals surface area contributed by atoms with Crippen LogP contribution in [0.3, 0.4) is 0 Å². The van der Waals surface area contributed by atoms with Gasteiger partial charge >= 0.3 is 0 Å². The number of hydrogen-bond acceptors (Lipinski definition) is 11. The monoisotopic (exact) mass is 462 g/mol. The number of benzene rings is 2. The topological polar surface area (TPSA) is 187 Å². The minimum absolute atomic E-state index is 0.000656. The van der Waals surface area contributed by atoms with E-state index >= 15 is 0 Å². The fraction of sp³-hybridized carbons (Fsp3) is 0.273. The molecule has 0 radical (unpaired) electrons. The van der Waals surface area contributed by atoms with Crippen molar-refractivity contribution in [1.82, 2.24) is 0 Å². The lowest BCUT2D eigenvalue weighted by atomic mass is 10.0. The molecule has 3 rings (SSSR count). The Morgan fingerprint density at radius 3 is 2.30 bits per heavy atom. The van der Waals surface area contributed by atoms with Gasteiger partial charge in [0.25, 0.3) is 0 Å². The molecule has 3 aromatic rings. The average Bonchev–Trinajstić information content (AvgIpc) is 2.81. The molecule has 4 atom stereocenters. The van der Waals surface area contributed by atoms with Crippen LogP contribution in [0.2, 0.25) is 0 Å². The van der Waals surface area contributed by atoms with Crippen LogP contribution in [-0.4, -0.2) is 75.1 Å². The van der Waals surface area contributed by atoms with Crippen molar-refractivity contribution in [3.8, 4) is 34.3 Å². The van der Waals surface area contributed by atoms with E-state index in [1.807, 2.05) is 0 Å². The van der Waals surface area contributed by atoms with Gasteiger partial charge in [0, 0.05) is 17.7 Å². The highest BCUT2D eigenvalue weighted by Gasteiger charge is 2.30. The molecule has 0 saturated heterocycles. The average molecular weight is 462 g/mol. The van der Waals surface area contributed by atoms with Crippen LogP contribution in [0.5, 0.6) is 23.0 Å². The summed E-state index contributed by atoms with van der Waals surface area (Å²) in [7, 11) is 1.26. The SMILES string of the molecule is COc1c(-c2ccc(O)cc2)oc2cc(OC[C@@H](O)[C@@H](O)[C@H](O)[C@@H](O)C=O)cc(O)c2c1=O. The molecule has 0 aliphatic rings. The number of phenols is 2. The fourth-order valence-corrected chi connectivity index (χ4v) is 3.12. The molecule has 1 aromatic heterocycles.